The number of aromatic nitrogens is 4. The number of pyridine rings is 1. The van der Waals surface area contributed by atoms with Crippen LogP contribution in [0.3, 0.4) is 0 Å². The summed E-state index contributed by atoms with van der Waals surface area (Å²) in [4.78, 5) is 4.57. The summed E-state index contributed by atoms with van der Waals surface area (Å²) in [5.74, 6) is 0. The van der Waals surface area contributed by atoms with Crippen molar-refractivity contribution in [1.29, 1.82) is 0 Å². The third kappa shape index (κ3) is 2.95. The van der Waals surface area contributed by atoms with E-state index in [-0.39, 0.29) is 0 Å². The molecule has 4 nitrogen and oxygen atoms in total. The van der Waals surface area contributed by atoms with E-state index in [2.05, 4.69) is 20.4 Å². The quantitative estimate of drug-likeness (QED) is 0.780. The molecule has 7 heteroatoms. The largest absolute Gasteiger partial charge is 0.241 e. The Morgan fingerprint density at radius 3 is 2.65 bits per heavy atom. The smallest absolute Gasteiger partial charge is 0.144 e. The molecule has 0 spiro atoms. The molecule has 20 heavy (non-hydrogen) atoms. The maximum atomic E-state index is 6.03. The standard InChI is InChI=1S/C13H8Cl2N4S/c14-9-5-4-8(6-10(9)15)11-2-1-3-12(17-11)20-13-7-16-19-18-13/h1-7H,(H,16,18,19). The van der Waals surface area contributed by atoms with Gasteiger partial charge in [-0.05, 0) is 36.0 Å². The van der Waals surface area contributed by atoms with Crippen molar-refractivity contribution in [2.24, 2.45) is 0 Å². The lowest BCUT2D eigenvalue weighted by molar-refractivity contribution is 0.910. The third-order valence-electron chi connectivity index (χ3n) is 2.54. The van der Waals surface area contributed by atoms with Crippen molar-refractivity contribution < 1.29 is 0 Å². The van der Waals surface area contributed by atoms with E-state index in [0.717, 1.165) is 21.3 Å². The zero-order chi connectivity index (χ0) is 13.9. The van der Waals surface area contributed by atoms with Gasteiger partial charge in [0.25, 0.3) is 0 Å². The highest BCUT2D eigenvalue weighted by atomic mass is 35.5. The number of nitrogens with zero attached hydrogens (tertiary/aromatic N) is 3. The van der Waals surface area contributed by atoms with Gasteiger partial charge in [0.1, 0.15) is 10.1 Å². The highest BCUT2D eigenvalue weighted by Gasteiger charge is 2.06. The average molecular weight is 323 g/mol. The lowest BCUT2D eigenvalue weighted by atomic mass is 10.1. The normalized spacial score (nSPS) is 10.7. The first kappa shape index (κ1) is 13.4. The van der Waals surface area contributed by atoms with Gasteiger partial charge in [0.05, 0.1) is 21.9 Å². The monoisotopic (exact) mass is 322 g/mol. The minimum atomic E-state index is 0.514. The molecule has 0 saturated heterocycles. The highest BCUT2D eigenvalue weighted by Crippen LogP contribution is 2.29. The van der Waals surface area contributed by atoms with Crippen LogP contribution >= 0.6 is 35.0 Å². The number of aromatic amines is 1. The van der Waals surface area contributed by atoms with Gasteiger partial charge in [-0.25, -0.2) is 4.98 Å². The second-order valence-corrected chi connectivity index (χ2v) is 5.76. The Bertz CT molecular complexity index is 731. The van der Waals surface area contributed by atoms with Crippen molar-refractivity contribution in [2.45, 2.75) is 10.1 Å². The molecule has 0 aliphatic rings. The average Bonchev–Trinajstić information content (AvgIpc) is 2.95. The number of nitrogens with one attached hydrogen (secondary N) is 1. The fourth-order valence-corrected chi connectivity index (χ4v) is 2.63. The fourth-order valence-electron chi connectivity index (χ4n) is 1.64. The van der Waals surface area contributed by atoms with Crippen molar-refractivity contribution in [1.82, 2.24) is 20.4 Å². The summed E-state index contributed by atoms with van der Waals surface area (Å²) in [5.41, 5.74) is 1.75. The van der Waals surface area contributed by atoms with E-state index in [1.165, 1.54) is 11.8 Å². The Hall–Kier alpha value is -1.56. The molecule has 0 unspecified atom stereocenters. The summed E-state index contributed by atoms with van der Waals surface area (Å²) in [6, 6.07) is 11.2. The predicted molar refractivity (Wildman–Crippen MR) is 80.2 cm³/mol. The van der Waals surface area contributed by atoms with Crippen molar-refractivity contribution >= 4 is 35.0 Å². The number of hydrogen-bond acceptors (Lipinski definition) is 4. The van der Waals surface area contributed by atoms with Gasteiger partial charge in [-0.15, -0.1) is 5.10 Å². The number of hydrogen-bond donors (Lipinski definition) is 1. The van der Waals surface area contributed by atoms with Crippen molar-refractivity contribution in [2.75, 3.05) is 0 Å². The Balaban J connectivity index is 1.92. The minimum Gasteiger partial charge on any atom is -0.241 e. The summed E-state index contributed by atoms with van der Waals surface area (Å²) in [6.07, 6.45) is 1.65. The highest BCUT2D eigenvalue weighted by molar-refractivity contribution is 7.99. The molecule has 1 N–H and O–H groups in total. The Morgan fingerprint density at radius 2 is 1.90 bits per heavy atom. The summed E-state index contributed by atoms with van der Waals surface area (Å²) in [7, 11) is 0. The number of benzene rings is 1. The molecule has 100 valence electrons. The number of halogens is 2. The molecular formula is C13H8Cl2N4S. The minimum absolute atomic E-state index is 0.514. The summed E-state index contributed by atoms with van der Waals surface area (Å²) in [5, 5.41) is 13.0. The van der Waals surface area contributed by atoms with E-state index in [0.29, 0.717) is 10.0 Å². The van der Waals surface area contributed by atoms with Crippen molar-refractivity contribution in [3.8, 4) is 11.3 Å². The van der Waals surface area contributed by atoms with Gasteiger partial charge >= 0.3 is 0 Å². The molecule has 1 aromatic carbocycles. The first-order valence-electron chi connectivity index (χ1n) is 5.68. The molecule has 0 radical (unpaired) electrons. The Kier molecular flexibility index (Phi) is 3.91. The fraction of sp³-hybridized carbons (Fsp3) is 0. The van der Waals surface area contributed by atoms with Crippen LogP contribution in [0.25, 0.3) is 11.3 Å². The van der Waals surface area contributed by atoms with E-state index >= 15 is 0 Å². The lowest BCUT2D eigenvalue weighted by Gasteiger charge is -2.04. The third-order valence-corrected chi connectivity index (χ3v) is 4.12. The predicted octanol–water partition coefficient (Wildman–Crippen LogP) is 4.32. The molecular weight excluding hydrogens is 315 g/mol. The maximum Gasteiger partial charge on any atom is 0.144 e. The van der Waals surface area contributed by atoms with Crippen LogP contribution in [-0.2, 0) is 0 Å². The topological polar surface area (TPSA) is 54.5 Å². The van der Waals surface area contributed by atoms with E-state index in [4.69, 9.17) is 23.2 Å². The molecule has 3 aromatic rings. The molecule has 0 aliphatic heterocycles. The van der Waals surface area contributed by atoms with Crippen LogP contribution < -0.4 is 0 Å². The first-order valence-corrected chi connectivity index (χ1v) is 7.26. The van der Waals surface area contributed by atoms with Gasteiger partial charge in [0.15, 0.2) is 0 Å². The Labute approximate surface area is 129 Å². The van der Waals surface area contributed by atoms with Gasteiger partial charge in [-0.3, -0.25) is 0 Å². The van der Waals surface area contributed by atoms with Crippen molar-refractivity contribution in [3.05, 3.63) is 52.6 Å². The van der Waals surface area contributed by atoms with Gasteiger partial charge in [-0.2, -0.15) is 10.3 Å². The van der Waals surface area contributed by atoms with Crippen LogP contribution in [0.4, 0.5) is 0 Å². The first-order chi connectivity index (χ1) is 9.72. The molecule has 0 saturated carbocycles. The van der Waals surface area contributed by atoms with E-state index < -0.39 is 0 Å². The molecule has 3 rings (SSSR count). The van der Waals surface area contributed by atoms with Crippen molar-refractivity contribution in [3.63, 3.8) is 0 Å². The summed E-state index contributed by atoms with van der Waals surface area (Å²) < 4.78 is 0. The van der Waals surface area contributed by atoms with Crippen LogP contribution in [0.2, 0.25) is 10.0 Å². The SMILES string of the molecule is Clc1ccc(-c2cccc(Sc3cn[nH]n3)n2)cc1Cl. The van der Waals surface area contributed by atoms with Gasteiger partial charge in [0, 0.05) is 5.56 Å². The molecule has 2 aromatic heterocycles. The second kappa shape index (κ2) is 5.83. The lowest BCUT2D eigenvalue weighted by Crippen LogP contribution is -1.86. The van der Waals surface area contributed by atoms with Gasteiger partial charge in [-0.1, -0.05) is 35.3 Å². The van der Waals surface area contributed by atoms with Crippen LogP contribution in [0.15, 0.2) is 52.6 Å². The molecule has 0 aliphatic carbocycles. The molecule has 0 amide bonds. The van der Waals surface area contributed by atoms with Gasteiger partial charge < -0.3 is 0 Å². The van der Waals surface area contributed by atoms with E-state index in [9.17, 15) is 0 Å². The zero-order valence-corrected chi connectivity index (χ0v) is 12.4. The number of rotatable bonds is 3. The van der Waals surface area contributed by atoms with E-state index in [1.807, 2.05) is 24.3 Å². The molecule has 0 bridgehead atoms. The Morgan fingerprint density at radius 1 is 1.00 bits per heavy atom. The van der Waals surface area contributed by atoms with Crippen LogP contribution in [0, 0.1) is 0 Å². The molecule has 0 fully saturated rings. The molecule has 2 heterocycles. The van der Waals surface area contributed by atoms with Crippen LogP contribution in [0.5, 0.6) is 0 Å². The summed E-state index contributed by atoms with van der Waals surface area (Å²) >= 11 is 13.4. The zero-order valence-electron chi connectivity index (χ0n) is 10.0. The number of H-pyrrole nitrogens is 1. The van der Waals surface area contributed by atoms with Gasteiger partial charge in [0.2, 0.25) is 0 Å². The second-order valence-electron chi connectivity index (χ2n) is 3.90. The van der Waals surface area contributed by atoms with Crippen LogP contribution in [0.1, 0.15) is 0 Å². The summed E-state index contributed by atoms with van der Waals surface area (Å²) in [6.45, 7) is 0. The van der Waals surface area contributed by atoms with E-state index in [1.54, 1.807) is 18.3 Å². The molecule has 0 atom stereocenters. The maximum absolute atomic E-state index is 6.03. The van der Waals surface area contributed by atoms with Crippen LogP contribution in [-0.4, -0.2) is 20.4 Å².